The summed E-state index contributed by atoms with van der Waals surface area (Å²) in [6, 6.07) is 5.19. The van der Waals surface area contributed by atoms with E-state index >= 15 is 0 Å². The van der Waals surface area contributed by atoms with Crippen molar-refractivity contribution in [2.75, 3.05) is 37.7 Å². The molecular weight excluding hydrogens is 402 g/mol. The van der Waals surface area contributed by atoms with Crippen molar-refractivity contribution in [2.45, 2.75) is 38.7 Å². The fourth-order valence-corrected chi connectivity index (χ4v) is 4.27. The van der Waals surface area contributed by atoms with Gasteiger partial charge in [0.1, 0.15) is 0 Å². The summed E-state index contributed by atoms with van der Waals surface area (Å²) in [4.78, 5) is 4.23. The van der Waals surface area contributed by atoms with E-state index in [1.54, 1.807) is 29.8 Å². The Morgan fingerprint density at radius 2 is 2.14 bits per heavy atom. The van der Waals surface area contributed by atoms with Crippen LogP contribution in [0.15, 0.2) is 18.2 Å². The molecule has 2 heterocycles. The SMILES string of the molecule is CN(c1ccc2c(c1)nc(C(C)(F)F)n2CC1CCOCC1)S(=O)NCCCO. The summed E-state index contributed by atoms with van der Waals surface area (Å²) in [6.07, 6.45) is 2.17. The average Bonchev–Trinajstić information content (AvgIpc) is 3.06. The van der Waals surface area contributed by atoms with Gasteiger partial charge in [-0.2, -0.15) is 8.78 Å². The van der Waals surface area contributed by atoms with Gasteiger partial charge in [0.15, 0.2) is 17.0 Å². The summed E-state index contributed by atoms with van der Waals surface area (Å²) >= 11 is -1.51. The molecule has 1 aliphatic rings. The van der Waals surface area contributed by atoms with E-state index in [1.165, 1.54) is 4.31 Å². The van der Waals surface area contributed by atoms with E-state index in [4.69, 9.17) is 9.84 Å². The Morgan fingerprint density at radius 3 is 2.79 bits per heavy atom. The summed E-state index contributed by atoms with van der Waals surface area (Å²) < 4.78 is 52.2. The monoisotopic (exact) mass is 430 g/mol. The maximum absolute atomic E-state index is 14.3. The molecule has 0 bridgehead atoms. The number of halogens is 2. The minimum absolute atomic E-state index is 0.0123. The smallest absolute Gasteiger partial charge is 0.302 e. The number of hydrogen-bond acceptors (Lipinski definition) is 4. The van der Waals surface area contributed by atoms with Gasteiger partial charge in [-0.1, -0.05) is 0 Å². The molecule has 1 aromatic heterocycles. The van der Waals surface area contributed by atoms with Crippen molar-refractivity contribution in [3.05, 3.63) is 24.0 Å². The highest BCUT2D eigenvalue weighted by molar-refractivity contribution is 7.84. The third-order valence-corrected chi connectivity index (χ3v) is 6.24. The maximum atomic E-state index is 14.3. The third-order valence-electron chi connectivity index (χ3n) is 5.08. The lowest BCUT2D eigenvalue weighted by molar-refractivity contribution is 0.00222. The number of ether oxygens (including phenoxy) is 1. The summed E-state index contributed by atoms with van der Waals surface area (Å²) in [5.41, 5.74) is 1.70. The molecular formula is C19H28F2N4O3S. The maximum Gasteiger partial charge on any atom is 0.302 e. The number of benzene rings is 1. The lowest BCUT2D eigenvalue weighted by Crippen LogP contribution is -2.33. The number of fused-ring (bicyclic) bond motifs is 1. The molecule has 162 valence electrons. The van der Waals surface area contributed by atoms with E-state index in [0.29, 0.717) is 49.4 Å². The summed E-state index contributed by atoms with van der Waals surface area (Å²) in [5.74, 6) is -3.04. The first-order valence-electron chi connectivity index (χ1n) is 9.77. The molecule has 0 radical (unpaired) electrons. The predicted molar refractivity (Wildman–Crippen MR) is 109 cm³/mol. The van der Waals surface area contributed by atoms with Crippen molar-refractivity contribution in [3.8, 4) is 0 Å². The number of anilines is 1. The van der Waals surface area contributed by atoms with Crippen molar-refractivity contribution < 1.29 is 22.8 Å². The lowest BCUT2D eigenvalue weighted by Gasteiger charge is -2.24. The Bertz CT molecular complexity index is 850. The minimum Gasteiger partial charge on any atom is -0.396 e. The summed E-state index contributed by atoms with van der Waals surface area (Å²) in [5, 5.41) is 8.83. The lowest BCUT2D eigenvalue weighted by atomic mass is 10.00. The molecule has 7 nitrogen and oxygen atoms in total. The standard InChI is InChI=1S/C19H28F2N4O3S/c1-19(20,21)18-23-16-12-15(24(2)29(27)22-8-3-9-26)4-5-17(16)25(18)13-14-6-10-28-11-7-14/h4-5,12,14,22,26H,3,6-11,13H2,1-2H3. The van der Waals surface area contributed by atoms with Crippen molar-refractivity contribution in [2.24, 2.45) is 5.92 Å². The molecule has 3 rings (SSSR count). The van der Waals surface area contributed by atoms with Gasteiger partial charge in [-0.15, -0.1) is 0 Å². The fraction of sp³-hybridized carbons (Fsp3) is 0.632. The second kappa shape index (κ2) is 9.46. The van der Waals surface area contributed by atoms with Crippen molar-refractivity contribution in [1.29, 1.82) is 0 Å². The van der Waals surface area contributed by atoms with Crippen molar-refractivity contribution in [1.82, 2.24) is 14.3 Å². The van der Waals surface area contributed by atoms with Gasteiger partial charge in [-0.05, 0) is 43.4 Å². The van der Waals surface area contributed by atoms with Gasteiger partial charge in [-0.3, -0.25) is 4.31 Å². The largest absolute Gasteiger partial charge is 0.396 e. The Hall–Kier alpha value is -1.62. The molecule has 2 N–H and O–H groups in total. The number of hydrogen-bond donors (Lipinski definition) is 2. The van der Waals surface area contributed by atoms with Crippen LogP contribution >= 0.6 is 0 Å². The van der Waals surface area contributed by atoms with Crippen LogP contribution in [0.3, 0.4) is 0 Å². The van der Waals surface area contributed by atoms with Crippen LogP contribution in [0.1, 0.15) is 32.0 Å². The summed E-state index contributed by atoms with van der Waals surface area (Å²) in [7, 11) is 1.65. The number of nitrogens with one attached hydrogen (secondary N) is 1. The first kappa shape index (κ1) is 22.1. The molecule has 0 aliphatic carbocycles. The molecule has 0 saturated carbocycles. The second-order valence-corrected chi connectivity index (χ2v) is 8.72. The third kappa shape index (κ3) is 5.30. The Morgan fingerprint density at radius 1 is 1.41 bits per heavy atom. The zero-order valence-electron chi connectivity index (χ0n) is 16.7. The van der Waals surface area contributed by atoms with Gasteiger partial charge in [0.2, 0.25) is 0 Å². The van der Waals surface area contributed by atoms with E-state index in [0.717, 1.165) is 19.8 Å². The number of nitrogens with zero attached hydrogens (tertiary/aromatic N) is 3. The fourth-order valence-electron chi connectivity index (χ4n) is 3.45. The molecule has 1 aromatic carbocycles. The predicted octanol–water partition coefficient (Wildman–Crippen LogP) is 2.56. The Kier molecular flexibility index (Phi) is 7.20. The highest BCUT2D eigenvalue weighted by Gasteiger charge is 2.33. The number of imidazole rings is 1. The number of aromatic nitrogens is 2. The van der Waals surface area contributed by atoms with Crippen LogP contribution in [0.25, 0.3) is 11.0 Å². The zero-order chi connectivity index (χ0) is 21.0. The number of aliphatic hydroxyl groups is 1. The normalized spacial score (nSPS) is 17.0. The van der Waals surface area contributed by atoms with Crippen LogP contribution in [-0.2, 0) is 28.4 Å². The van der Waals surface area contributed by atoms with Crippen LogP contribution in [0.5, 0.6) is 0 Å². The molecule has 1 unspecified atom stereocenters. The van der Waals surface area contributed by atoms with E-state index < -0.39 is 17.1 Å². The molecule has 1 saturated heterocycles. The number of rotatable bonds is 9. The molecule has 0 amide bonds. The number of aliphatic hydroxyl groups excluding tert-OH is 1. The van der Waals surface area contributed by atoms with Gasteiger partial charge in [0, 0.05) is 46.9 Å². The van der Waals surface area contributed by atoms with Gasteiger partial charge >= 0.3 is 5.92 Å². The van der Waals surface area contributed by atoms with Gasteiger partial charge in [0.05, 0.1) is 16.7 Å². The van der Waals surface area contributed by atoms with Crippen molar-refractivity contribution >= 4 is 27.9 Å². The van der Waals surface area contributed by atoms with Gasteiger partial charge < -0.3 is 14.4 Å². The minimum atomic E-state index is -3.06. The molecule has 1 fully saturated rings. The first-order valence-corrected chi connectivity index (χ1v) is 10.9. The van der Waals surface area contributed by atoms with Crippen LogP contribution < -0.4 is 9.03 Å². The zero-order valence-corrected chi connectivity index (χ0v) is 17.6. The van der Waals surface area contributed by atoms with Crippen LogP contribution in [-0.4, -0.2) is 52.3 Å². The summed E-state index contributed by atoms with van der Waals surface area (Å²) in [6.45, 7) is 3.06. The first-order chi connectivity index (χ1) is 13.8. The molecule has 2 aromatic rings. The molecule has 1 aliphatic heterocycles. The van der Waals surface area contributed by atoms with E-state index in [1.807, 2.05) is 0 Å². The highest BCUT2D eigenvalue weighted by atomic mass is 32.2. The molecule has 29 heavy (non-hydrogen) atoms. The average molecular weight is 431 g/mol. The Labute approximate surface area is 171 Å². The van der Waals surface area contributed by atoms with Crippen molar-refractivity contribution in [3.63, 3.8) is 0 Å². The van der Waals surface area contributed by atoms with E-state index in [-0.39, 0.29) is 18.3 Å². The topological polar surface area (TPSA) is 79.6 Å². The quantitative estimate of drug-likeness (QED) is 0.600. The Balaban J connectivity index is 1.89. The molecule has 10 heteroatoms. The van der Waals surface area contributed by atoms with Gasteiger partial charge in [-0.25, -0.2) is 13.9 Å². The highest BCUT2D eigenvalue weighted by Crippen LogP contribution is 2.33. The van der Waals surface area contributed by atoms with Crippen LogP contribution in [0.2, 0.25) is 0 Å². The molecule has 1 atom stereocenters. The van der Waals surface area contributed by atoms with E-state index in [9.17, 15) is 13.0 Å². The van der Waals surface area contributed by atoms with E-state index in [2.05, 4.69) is 9.71 Å². The second-order valence-electron chi connectivity index (χ2n) is 7.38. The van der Waals surface area contributed by atoms with Gasteiger partial charge in [0.25, 0.3) is 0 Å². The van der Waals surface area contributed by atoms with Crippen LogP contribution in [0, 0.1) is 5.92 Å². The molecule has 0 spiro atoms. The van der Waals surface area contributed by atoms with Crippen LogP contribution in [0.4, 0.5) is 14.5 Å². The number of alkyl halides is 2.